The molecule has 2 aliphatic carbocycles. The van der Waals surface area contributed by atoms with Gasteiger partial charge in [-0.25, -0.2) is 10.4 Å². The van der Waals surface area contributed by atoms with E-state index in [0.717, 1.165) is 22.6 Å². The van der Waals surface area contributed by atoms with Crippen molar-refractivity contribution in [2.45, 2.75) is 51.5 Å². The second-order valence-electron chi connectivity index (χ2n) is 6.70. The summed E-state index contributed by atoms with van der Waals surface area (Å²) < 4.78 is 0. The molecule has 0 spiro atoms. The average molecular weight is 307 g/mol. The number of hydrazine groups is 1. The predicted octanol–water partition coefficient (Wildman–Crippen LogP) is 3.09. The molecule has 0 aromatic heterocycles. The van der Waals surface area contributed by atoms with E-state index in [4.69, 9.17) is 16.6 Å². The molecule has 0 bridgehead atoms. The fourth-order valence-electron chi connectivity index (χ4n) is 3.54. The van der Waals surface area contributed by atoms with Crippen LogP contribution in [0, 0.1) is 11.8 Å². The Morgan fingerprint density at radius 2 is 2.05 bits per heavy atom. The summed E-state index contributed by atoms with van der Waals surface area (Å²) in [6.45, 7) is 3.00. The highest BCUT2D eigenvalue weighted by molar-refractivity contribution is 6.30. The average Bonchev–Trinajstić information content (AvgIpc) is 3.09. The summed E-state index contributed by atoms with van der Waals surface area (Å²) in [6.07, 6.45) is 10.00. The van der Waals surface area contributed by atoms with Crippen molar-refractivity contribution >= 4 is 17.4 Å². The number of fused-ring (bicyclic) bond motifs is 1. The molecular formula is C16H23ClN4. The van der Waals surface area contributed by atoms with E-state index >= 15 is 0 Å². The van der Waals surface area contributed by atoms with Gasteiger partial charge in [0.15, 0.2) is 0 Å². The van der Waals surface area contributed by atoms with Crippen molar-refractivity contribution in [2.24, 2.45) is 16.8 Å². The van der Waals surface area contributed by atoms with Gasteiger partial charge in [-0.3, -0.25) is 4.99 Å². The Balaban J connectivity index is 1.66. The van der Waals surface area contributed by atoms with Crippen molar-refractivity contribution in [1.29, 1.82) is 0 Å². The number of hydrogen-bond acceptors (Lipinski definition) is 3. The van der Waals surface area contributed by atoms with E-state index in [9.17, 15) is 0 Å². The number of nitrogens with one attached hydrogen (secondary N) is 2. The number of amidine groups is 1. The normalized spacial score (nSPS) is 29.7. The number of hydrogen-bond donors (Lipinski definition) is 2. The maximum absolute atomic E-state index is 6.36. The molecule has 2 fully saturated rings. The first kappa shape index (κ1) is 13.6. The standard InChI is InChI=1S/C16H23ClN4/c1-10(11-6-7-11)14-8-15(19-12-4-2-3-5-12)21-16(20-14)13(17)9-18-21/h8,10-12,18,20H,2-7,9H2,1H3. The van der Waals surface area contributed by atoms with Crippen LogP contribution in [0.4, 0.5) is 0 Å². The zero-order valence-electron chi connectivity index (χ0n) is 12.5. The Kier molecular flexibility index (Phi) is 3.46. The van der Waals surface area contributed by atoms with Gasteiger partial charge < -0.3 is 5.32 Å². The first-order valence-electron chi connectivity index (χ1n) is 8.21. The molecule has 4 aliphatic rings. The Morgan fingerprint density at radius 1 is 1.29 bits per heavy atom. The lowest BCUT2D eigenvalue weighted by Crippen LogP contribution is -2.45. The highest BCUT2D eigenvalue weighted by atomic mass is 35.5. The van der Waals surface area contributed by atoms with E-state index < -0.39 is 0 Å². The van der Waals surface area contributed by atoms with Crippen molar-refractivity contribution in [1.82, 2.24) is 15.8 Å². The minimum absolute atomic E-state index is 0.481. The molecule has 4 rings (SSSR count). The number of allylic oxidation sites excluding steroid dienone is 1. The Morgan fingerprint density at radius 3 is 2.76 bits per heavy atom. The summed E-state index contributed by atoms with van der Waals surface area (Å²) in [7, 11) is 0. The molecular weight excluding hydrogens is 284 g/mol. The van der Waals surface area contributed by atoms with Crippen LogP contribution in [0.2, 0.25) is 0 Å². The summed E-state index contributed by atoms with van der Waals surface area (Å²) in [5.41, 5.74) is 4.61. The summed E-state index contributed by atoms with van der Waals surface area (Å²) in [6, 6.07) is 0.481. The van der Waals surface area contributed by atoms with Gasteiger partial charge >= 0.3 is 0 Å². The fraction of sp³-hybridized carbons (Fsp3) is 0.688. The molecule has 0 radical (unpaired) electrons. The van der Waals surface area contributed by atoms with E-state index in [2.05, 4.69) is 23.7 Å². The minimum atomic E-state index is 0.481. The van der Waals surface area contributed by atoms with Crippen LogP contribution in [-0.4, -0.2) is 23.4 Å². The van der Waals surface area contributed by atoms with Crippen LogP contribution in [-0.2, 0) is 0 Å². The molecule has 114 valence electrons. The molecule has 2 aliphatic heterocycles. The molecule has 2 N–H and O–H groups in total. The van der Waals surface area contributed by atoms with Gasteiger partial charge in [0.05, 0.1) is 17.6 Å². The predicted molar refractivity (Wildman–Crippen MR) is 85.5 cm³/mol. The van der Waals surface area contributed by atoms with E-state index in [1.165, 1.54) is 44.2 Å². The van der Waals surface area contributed by atoms with Crippen molar-refractivity contribution in [2.75, 3.05) is 6.54 Å². The Hall–Kier alpha value is -1.00. The van der Waals surface area contributed by atoms with Gasteiger partial charge in [-0.2, -0.15) is 0 Å². The van der Waals surface area contributed by atoms with Gasteiger partial charge in [0.1, 0.15) is 11.7 Å². The first-order valence-corrected chi connectivity index (χ1v) is 8.59. The number of aliphatic imine (C=N–C) groups is 1. The maximum atomic E-state index is 6.36. The molecule has 0 amide bonds. The topological polar surface area (TPSA) is 39.7 Å². The molecule has 1 unspecified atom stereocenters. The van der Waals surface area contributed by atoms with Crippen molar-refractivity contribution in [3.8, 4) is 0 Å². The zero-order chi connectivity index (χ0) is 14.4. The van der Waals surface area contributed by atoms with E-state index in [0.29, 0.717) is 18.5 Å². The lowest BCUT2D eigenvalue weighted by molar-refractivity contribution is 0.389. The molecule has 0 saturated heterocycles. The molecule has 2 heterocycles. The SMILES string of the molecule is CC(C1=CC(=NC2CCCC2)N2NCC(Cl)=C2N1)C1CC1. The highest BCUT2D eigenvalue weighted by Crippen LogP contribution is 2.41. The van der Waals surface area contributed by atoms with E-state index in [1.54, 1.807) is 0 Å². The first-order chi connectivity index (χ1) is 10.2. The Labute approximate surface area is 131 Å². The van der Waals surface area contributed by atoms with Gasteiger partial charge in [0, 0.05) is 11.8 Å². The van der Waals surface area contributed by atoms with Crippen LogP contribution in [0.5, 0.6) is 0 Å². The van der Waals surface area contributed by atoms with Gasteiger partial charge in [-0.1, -0.05) is 31.4 Å². The fourth-order valence-corrected chi connectivity index (χ4v) is 3.73. The monoisotopic (exact) mass is 306 g/mol. The van der Waals surface area contributed by atoms with Gasteiger partial charge in [-0.05, 0) is 37.5 Å². The second-order valence-corrected chi connectivity index (χ2v) is 7.16. The van der Waals surface area contributed by atoms with Crippen LogP contribution < -0.4 is 10.7 Å². The summed E-state index contributed by atoms with van der Waals surface area (Å²) in [5, 5.41) is 6.41. The van der Waals surface area contributed by atoms with Crippen LogP contribution in [0.15, 0.2) is 27.6 Å². The summed E-state index contributed by atoms with van der Waals surface area (Å²) in [5.74, 6) is 3.42. The van der Waals surface area contributed by atoms with Crippen molar-refractivity contribution in [3.05, 3.63) is 22.6 Å². The third kappa shape index (κ3) is 2.59. The van der Waals surface area contributed by atoms with E-state index in [-0.39, 0.29) is 0 Å². The van der Waals surface area contributed by atoms with Crippen LogP contribution in [0.1, 0.15) is 45.4 Å². The molecule has 0 aromatic rings. The third-order valence-corrected chi connectivity index (χ3v) is 5.42. The van der Waals surface area contributed by atoms with Crippen LogP contribution >= 0.6 is 11.6 Å². The highest BCUT2D eigenvalue weighted by Gasteiger charge is 2.36. The summed E-state index contributed by atoms with van der Waals surface area (Å²) >= 11 is 6.36. The largest absolute Gasteiger partial charge is 0.343 e. The molecule has 0 aromatic carbocycles. The minimum Gasteiger partial charge on any atom is -0.343 e. The van der Waals surface area contributed by atoms with Crippen LogP contribution in [0.3, 0.4) is 0 Å². The molecule has 5 heteroatoms. The van der Waals surface area contributed by atoms with Crippen molar-refractivity contribution in [3.63, 3.8) is 0 Å². The lowest BCUT2D eigenvalue weighted by atomic mass is 10.0. The van der Waals surface area contributed by atoms with Gasteiger partial charge in [0.2, 0.25) is 0 Å². The van der Waals surface area contributed by atoms with E-state index in [1.807, 2.05) is 5.01 Å². The maximum Gasteiger partial charge on any atom is 0.146 e. The molecule has 2 saturated carbocycles. The zero-order valence-corrected chi connectivity index (χ0v) is 13.3. The third-order valence-electron chi connectivity index (χ3n) is 5.11. The van der Waals surface area contributed by atoms with Gasteiger partial charge in [0.25, 0.3) is 0 Å². The smallest absolute Gasteiger partial charge is 0.146 e. The van der Waals surface area contributed by atoms with Crippen LogP contribution in [0.25, 0.3) is 0 Å². The molecule has 4 nitrogen and oxygen atoms in total. The number of nitrogens with zero attached hydrogens (tertiary/aromatic N) is 2. The summed E-state index contributed by atoms with van der Waals surface area (Å²) in [4.78, 5) is 5.00. The number of halogens is 1. The molecule has 1 atom stereocenters. The Bertz CT molecular complexity index is 526. The van der Waals surface area contributed by atoms with Crippen molar-refractivity contribution < 1.29 is 0 Å². The second kappa shape index (κ2) is 5.33. The molecule has 21 heavy (non-hydrogen) atoms. The lowest BCUT2D eigenvalue weighted by Gasteiger charge is -2.31. The quantitative estimate of drug-likeness (QED) is 0.842. The number of rotatable bonds is 3. The van der Waals surface area contributed by atoms with Gasteiger partial charge in [-0.15, -0.1) is 0 Å².